The molecule has 0 unspecified atom stereocenters. The van der Waals surface area contributed by atoms with Gasteiger partial charge in [-0.2, -0.15) is 0 Å². The quantitative estimate of drug-likeness (QED) is 0.828. The molecule has 2 rings (SSSR count). The van der Waals surface area contributed by atoms with Crippen LogP contribution in [0.5, 0.6) is 0 Å². The summed E-state index contributed by atoms with van der Waals surface area (Å²) in [6.45, 7) is 0. The molecule has 7 nitrogen and oxygen atoms in total. The van der Waals surface area contributed by atoms with Gasteiger partial charge >= 0.3 is 5.97 Å². The standard InChI is InChI=1S/C13H13N3O4S/c17-13(18)11-2-1-3-12(15-11)16-21(19,20)9-6-10-4-7-14-8-5-10/h1-5,7-8H,6,9H2,(H,15,16)(H,17,18). The van der Waals surface area contributed by atoms with Gasteiger partial charge in [0.15, 0.2) is 5.69 Å². The number of carboxylic acids is 1. The first kappa shape index (κ1) is 14.9. The van der Waals surface area contributed by atoms with Crippen molar-refractivity contribution in [3.8, 4) is 0 Å². The van der Waals surface area contributed by atoms with Gasteiger partial charge in [-0.3, -0.25) is 9.71 Å². The van der Waals surface area contributed by atoms with Crippen molar-refractivity contribution in [2.24, 2.45) is 0 Å². The first-order valence-electron chi connectivity index (χ1n) is 6.06. The molecule has 2 aromatic heterocycles. The summed E-state index contributed by atoms with van der Waals surface area (Å²) in [5.74, 6) is -1.35. The van der Waals surface area contributed by atoms with Crippen LogP contribution >= 0.6 is 0 Å². The summed E-state index contributed by atoms with van der Waals surface area (Å²) in [6, 6.07) is 7.59. The molecule has 0 aliphatic rings. The fourth-order valence-electron chi connectivity index (χ4n) is 1.62. The zero-order chi connectivity index (χ0) is 15.3. The molecular formula is C13H13N3O4S. The van der Waals surface area contributed by atoms with E-state index in [2.05, 4.69) is 14.7 Å². The summed E-state index contributed by atoms with van der Waals surface area (Å²) >= 11 is 0. The highest BCUT2D eigenvalue weighted by atomic mass is 32.2. The van der Waals surface area contributed by atoms with Crippen molar-refractivity contribution >= 4 is 21.8 Å². The van der Waals surface area contributed by atoms with Crippen LogP contribution in [0.4, 0.5) is 5.82 Å². The van der Waals surface area contributed by atoms with Crippen LogP contribution in [-0.2, 0) is 16.4 Å². The Bertz CT molecular complexity index is 732. The Morgan fingerprint density at radius 3 is 2.57 bits per heavy atom. The molecule has 0 fully saturated rings. The third-order valence-electron chi connectivity index (χ3n) is 2.64. The summed E-state index contributed by atoms with van der Waals surface area (Å²) < 4.78 is 26.1. The lowest BCUT2D eigenvalue weighted by Gasteiger charge is -2.07. The van der Waals surface area contributed by atoms with Gasteiger partial charge in [-0.15, -0.1) is 0 Å². The second-order valence-corrected chi connectivity index (χ2v) is 6.08. The average molecular weight is 307 g/mol. The lowest BCUT2D eigenvalue weighted by Crippen LogP contribution is -2.19. The van der Waals surface area contributed by atoms with E-state index in [0.717, 1.165) is 5.56 Å². The average Bonchev–Trinajstić information content (AvgIpc) is 2.46. The predicted molar refractivity (Wildman–Crippen MR) is 76.5 cm³/mol. The van der Waals surface area contributed by atoms with Crippen LogP contribution < -0.4 is 4.72 Å². The van der Waals surface area contributed by atoms with E-state index in [9.17, 15) is 13.2 Å². The SMILES string of the molecule is O=C(O)c1cccc(NS(=O)(=O)CCc2ccncc2)n1. The monoisotopic (exact) mass is 307 g/mol. The van der Waals surface area contributed by atoms with E-state index in [1.54, 1.807) is 24.5 Å². The first-order valence-corrected chi connectivity index (χ1v) is 7.71. The molecule has 21 heavy (non-hydrogen) atoms. The Balaban J connectivity index is 2.04. The number of aryl methyl sites for hydroxylation is 1. The van der Waals surface area contributed by atoms with Crippen molar-refractivity contribution in [2.75, 3.05) is 10.5 Å². The second-order valence-electron chi connectivity index (χ2n) is 4.24. The molecular weight excluding hydrogens is 294 g/mol. The molecule has 2 N–H and O–H groups in total. The minimum Gasteiger partial charge on any atom is -0.477 e. The van der Waals surface area contributed by atoms with Crippen molar-refractivity contribution in [1.82, 2.24) is 9.97 Å². The number of nitrogens with zero attached hydrogens (tertiary/aromatic N) is 2. The van der Waals surface area contributed by atoms with Crippen molar-refractivity contribution in [1.29, 1.82) is 0 Å². The second kappa shape index (κ2) is 6.31. The third-order valence-corrected chi connectivity index (χ3v) is 3.90. The molecule has 0 spiro atoms. The largest absolute Gasteiger partial charge is 0.477 e. The number of sulfonamides is 1. The summed E-state index contributed by atoms with van der Waals surface area (Å²) in [7, 11) is -3.60. The van der Waals surface area contributed by atoms with Gasteiger partial charge in [0.25, 0.3) is 0 Å². The molecule has 8 heteroatoms. The molecule has 0 radical (unpaired) electrons. The van der Waals surface area contributed by atoms with Gasteiger partial charge in [-0.25, -0.2) is 18.2 Å². The molecule has 0 aliphatic heterocycles. The maximum Gasteiger partial charge on any atom is 0.354 e. The van der Waals surface area contributed by atoms with Crippen LogP contribution in [0.3, 0.4) is 0 Å². The highest BCUT2D eigenvalue weighted by molar-refractivity contribution is 7.92. The fourth-order valence-corrected chi connectivity index (χ4v) is 2.66. The van der Waals surface area contributed by atoms with Crippen molar-refractivity contribution in [3.05, 3.63) is 54.0 Å². The highest BCUT2D eigenvalue weighted by Gasteiger charge is 2.13. The lowest BCUT2D eigenvalue weighted by atomic mass is 10.2. The fraction of sp³-hybridized carbons (Fsp3) is 0.154. The predicted octanol–water partition coefficient (Wildman–Crippen LogP) is 1.16. The summed E-state index contributed by atoms with van der Waals surface area (Å²) in [5.41, 5.74) is 0.631. The Morgan fingerprint density at radius 2 is 1.90 bits per heavy atom. The Hall–Kier alpha value is -2.48. The van der Waals surface area contributed by atoms with E-state index < -0.39 is 16.0 Å². The van der Waals surface area contributed by atoms with Crippen molar-refractivity contribution in [3.63, 3.8) is 0 Å². The van der Waals surface area contributed by atoms with Crippen molar-refractivity contribution in [2.45, 2.75) is 6.42 Å². The number of hydrogen-bond donors (Lipinski definition) is 2. The maximum atomic E-state index is 11.9. The normalized spacial score (nSPS) is 11.0. The molecule has 110 valence electrons. The van der Waals surface area contributed by atoms with Crippen LogP contribution in [0.1, 0.15) is 16.1 Å². The van der Waals surface area contributed by atoms with Gasteiger partial charge in [-0.1, -0.05) is 6.07 Å². The number of carboxylic acid groups (broad SMARTS) is 1. The number of aromatic nitrogens is 2. The molecule has 0 aliphatic carbocycles. The third kappa shape index (κ3) is 4.53. The molecule has 2 heterocycles. The number of anilines is 1. The highest BCUT2D eigenvalue weighted by Crippen LogP contribution is 2.09. The van der Waals surface area contributed by atoms with Crippen molar-refractivity contribution < 1.29 is 18.3 Å². The Labute approximate surface area is 121 Å². The van der Waals surface area contributed by atoms with Crippen LogP contribution in [0.15, 0.2) is 42.7 Å². The van der Waals surface area contributed by atoms with Crippen LogP contribution in [0, 0.1) is 0 Å². The van der Waals surface area contributed by atoms with Gasteiger partial charge in [0.05, 0.1) is 5.75 Å². The van der Waals surface area contributed by atoms with E-state index in [1.807, 2.05) is 0 Å². The Kier molecular flexibility index (Phi) is 4.49. The minimum atomic E-state index is -3.60. The summed E-state index contributed by atoms with van der Waals surface area (Å²) in [5, 5.41) is 8.81. The topological polar surface area (TPSA) is 109 Å². The van der Waals surface area contributed by atoms with Gasteiger partial charge in [0.1, 0.15) is 5.82 Å². The molecule has 0 saturated carbocycles. The van der Waals surface area contributed by atoms with Gasteiger partial charge < -0.3 is 5.11 Å². The van der Waals surface area contributed by atoms with Gasteiger partial charge in [0.2, 0.25) is 10.0 Å². The number of aromatic carboxylic acids is 1. The van der Waals surface area contributed by atoms with Crippen LogP contribution in [-0.4, -0.2) is 35.2 Å². The van der Waals surface area contributed by atoms with Gasteiger partial charge in [-0.05, 0) is 36.2 Å². The van der Waals surface area contributed by atoms with E-state index in [-0.39, 0.29) is 17.3 Å². The number of nitrogens with one attached hydrogen (secondary N) is 1. The maximum absolute atomic E-state index is 11.9. The molecule has 0 amide bonds. The molecule has 0 atom stereocenters. The summed E-state index contributed by atoms with van der Waals surface area (Å²) in [4.78, 5) is 18.3. The number of rotatable bonds is 6. The van der Waals surface area contributed by atoms with E-state index >= 15 is 0 Å². The molecule has 0 saturated heterocycles. The van der Waals surface area contributed by atoms with Crippen LogP contribution in [0.25, 0.3) is 0 Å². The lowest BCUT2D eigenvalue weighted by molar-refractivity contribution is 0.0690. The molecule has 2 aromatic rings. The van der Waals surface area contributed by atoms with E-state index in [1.165, 1.54) is 18.2 Å². The Morgan fingerprint density at radius 1 is 1.19 bits per heavy atom. The summed E-state index contributed by atoms with van der Waals surface area (Å²) in [6.07, 6.45) is 3.51. The number of hydrogen-bond acceptors (Lipinski definition) is 5. The van der Waals surface area contributed by atoms with E-state index in [0.29, 0.717) is 6.42 Å². The first-order chi connectivity index (χ1) is 9.96. The smallest absolute Gasteiger partial charge is 0.354 e. The van der Waals surface area contributed by atoms with Crippen LogP contribution in [0.2, 0.25) is 0 Å². The minimum absolute atomic E-state index is 0.00960. The van der Waals surface area contributed by atoms with E-state index in [4.69, 9.17) is 5.11 Å². The molecule has 0 bridgehead atoms. The number of pyridine rings is 2. The molecule has 0 aromatic carbocycles. The zero-order valence-electron chi connectivity index (χ0n) is 10.9. The zero-order valence-corrected chi connectivity index (χ0v) is 11.7. The van der Waals surface area contributed by atoms with Gasteiger partial charge in [0, 0.05) is 12.4 Å². The number of carbonyl (C=O) groups is 1.